The van der Waals surface area contributed by atoms with Gasteiger partial charge in [-0.3, -0.25) is 9.36 Å². The van der Waals surface area contributed by atoms with E-state index in [1.807, 2.05) is 51.1 Å². The minimum atomic E-state index is -0.796. The van der Waals surface area contributed by atoms with E-state index in [1.54, 1.807) is 32.1 Å². The van der Waals surface area contributed by atoms with Gasteiger partial charge in [0.25, 0.3) is 5.56 Å². The summed E-state index contributed by atoms with van der Waals surface area (Å²) in [5, 5.41) is 8.94. The zero-order valence-electron chi connectivity index (χ0n) is 23.4. The minimum Gasteiger partial charge on any atom is -0.491 e. The van der Waals surface area contributed by atoms with E-state index in [0.717, 1.165) is 0 Å². The molecule has 0 saturated carbocycles. The van der Waals surface area contributed by atoms with Crippen LogP contribution in [0, 0.1) is 11.3 Å². The van der Waals surface area contributed by atoms with Gasteiger partial charge >= 0.3 is 5.97 Å². The lowest BCUT2D eigenvalue weighted by Gasteiger charge is -2.26. The Hall–Kier alpha value is -3.88. The number of carbonyl (C=O) groups excluding carboxylic acids is 1. The molecule has 0 saturated heterocycles. The summed E-state index contributed by atoms with van der Waals surface area (Å²) in [6.45, 7) is 9.59. The molecule has 2 heterocycles. The van der Waals surface area contributed by atoms with Gasteiger partial charge in [-0.1, -0.05) is 29.5 Å². The molecular formula is C30H30BrN3O6S. The summed E-state index contributed by atoms with van der Waals surface area (Å²) in [7, 11) is 0. The van der Waals surface area contributed by atoms with Crippen molar-refractivity contribution in [2.45, 2.75) is 46.8 Å². The maximum absolute atomic E-state index is 14.0. The van der Waals surface area contributed by atoms with Gasteiger partial charge in [-0.15, -0.1) is 0 Å². The van der Waals surface area contributed by atoms with Crippen molar-refractivity contribution in [1.29, 1.82) is 5.26 Å². The molecule has 214 valence electrons. The largest absolute Gasteiger partial charge is 0.491 e. The van der Waals surface area contributed by atoms with Gasteiger partial charge in [-0.25, -0.2) is 9.79 Å². The van der Waals surface area contributed by atoms with Gasteiger partial charge < -0.3 is 18.9 Å². The Bertz CT molecular complexity index is 1720. The fourth-order valence-corrected chi connectivity index (χ4v) is 6.10. The van der Waals surface area contributed by atoms with E-state index in [2.05, 4.69) is 20.9 Å². The lowest BCUT2D eigenvalue weighted by atomic mass is 9.95. The van der Waals surface area contributed by atoms with Crippen molar-refractivity contribution in [2.75, 3.05) is 19.8 Å². The Morgan fingerprint density at radius 2 is 1.95 bits per heavy atom. The van der Waals surface area contributed by atoms with E-state index in [9.17, 15) is 9.59 Å². The number of benzene rings is 2. The first-order valence-corrected chi connectivity index (χ1v) is 14.7. The Labute approximate surface area is 250 Å². The van der Waals surface area contributed by atoms with Crippen molar-refractivity contribution in [1.82, 2.24) is 4.57 Å². The van der Waals surface area contributed by atoms with Gasteiger partial charge in [0.1, 0.15) is 17.9 Å². The molecule has 1 aliphatic heterocycles. The van der Waals surface area contributed by atoms with E-state index in [0.29, 0.717) is 54.5 Å². The van der Waals surface area contributed by atoms with E-state index < -0.39 is 12.0 Å². The third kappa shape index (κ3) is 6.39. The third-order valence-electron chi connectivity index (χ3n) is 6.00. The third-order valence-corrected chi connectivity index (χ3v) is 7.58. The molecule has 0 fully saturated rings. The molecular weight excluding hydrogens is 610 g/mol. The zero-order chi connectivity index (χ0) is 29.7. The second kappa shape index (κ2) is 13.2. The number of para-hydroxylation sites is 1. The molecule has 0 radical (unpaired) electrons. The lowest BCUT2D eigenvalue weighted by molar-refractivity contribution is -0.139. The molecule has 0 spiro atoms. The molecule has 1 atom stereocenters. The van der Waals surface area contributed by atoms with Crippen LogP contribution in [0.3, 0.4) is 0 Å². The van der Waals surface area contributed by atoms with Crippen molar-refractivity contribution in [3.8, 4) is 23.3 Å². The first-order chi connectivity index (χ1) is 19.7. The van der Waals surface area contributed by atoms with E-state index in [4.69, 9.17) is 24.2 Å². The number of carbonyl (C=O) groups is 1. The predicted molar refractivity (Wildman–Crippen MR) is 159 cm³/mol. The number of hydrogen-bond acceptors (Lipinski definition) is 9. The first-order valence-electron chi connectivity index (χ1n) is 13.1. The molecule has 1 aromatic heterocycles. The van der Waals surface area contributed by atoms with Gasteiger partial charge in [-0.2, -0.15) is 5.26 Å². The number of aromatic nitrogens is 1. The van der Waals surface area contributed by atoms with Crippen LogP contribution in [-0.2, 0) is 9.53 Å². The summed E-state index contributed by atoms with van der Waals surface area (Å²) in [5.74, 6) is 0.875. The number of fused-ring (bicyclic) bond motifs is 1. The van der Waals surface area contributed by atoms with E-state index in [1.165, 1.54) is 15.9 Å². The monoisotopic (exact) mass is 639 g/mol. The number of halogens is 1. The topological polar surface area (TPSA) is 112 Å². The molecule has 11 heteroatoms. The van der Waals surface area contributed by atoms with Crippen LogP contribution in [0.15, 0.2) is 61.9 Å². The molecule has 2 aromatic carbocycles. The maximum Gasteiger partial charge on any atom is 0.338 e. The minimum absolute atomic E-state index is 0.124. The summed E-state index contributed by atoms with van der Waals surface area (Å²) in [5.41, 5.74) is 1.78. The summed E-state index contributed by atoms with van der Waals surface area (Å²) in [6, 6.07) is 12.1. The fraction of sp³-hybridized carbons (Fsp3) is 0.333. The highest BCUT2D eigenvalue weighted by Gasteiger charge is 2.35. The van der Waals surface area contributed by atoms with Crippen molar-refractivity contribution < 1.29 is 23.7 Å². The molecule has 0 bridgehead atoms. The fourth-order valence-electron chi connectivity index (χ4n) is 4.48. The van der Waals surface area contributed by atoms with Crippen LogP contribution in [0.25, 0.3) is 6.08 Å². The number of nitrogens with zero attached hydrogens (tertiary/aromatic N) is 3. The van der Waals surface area contributed by atoms with Gasteiger partial charge in [0.2, 0.25) is 0 Å². The quantitative estimate of drug-likeness (QED) is 0.297. The van der Waals surface area contributed by atoms with Crippen LogP contribution in [0.5, 0.6) is 17.2 Å². The smallest absolute Gasteiger partial charge is 0.338 e. The first kappa shape index (κ1) is 30.1. The van der Waals surface area contributed by atoms with Gasteiger partial charge in [0, 0.05) is 5.56 Å². The molecule has 0 N–H and O–H groups in total. The predicted octanol–water partition coefficient (Wildman–Crippen LogP) is 4.65. The second-order valence-corrected chi connectivity index (χ2v) is 11.1. The molecule has 0 aliphatic carbocycles. The summed E-state index contributed by atoms with van der Waals surface area (Å²) in [6.07, 6.45) is 1.61. The number of thiazole rings is 1. The molecule has 1 aliphatic rings. The Balaban J connectivity index is 1.94. The average Bonchev–Trinajstić information content (AvgIpc) is 3.22. The lowest BCUT2D eigenvalue weighted by Crippen LogP contribution is -2.40. The van der Waals surface area contributed by atoms with Crippen LogP contribution >= 0.6 is 27.3 Å². The number of esters is 1. The number of ether oxygens (including phenoxy) is 4. The van der Waals surface area contributed by atoms with Crippen LogP contribution in [-0.4, -0.2) is 36.5 Å². The van der Waals surface area contributed by atoms with E-state index in [-0.39, 0.29) is 30.5 Å². The highest BCUT2D eigenvalue weighted by molar-refractivity contribution is 9.10. The number of hydrogen-bond donors (Lipinski definition) is 0. The Morgan fingerprint density at radius 3 is 2.63 bits per heavy atom. The Kier molecular flexibility index (Phi) is 9.68. The van der Waals surface area contributed by atoms with Crippen molar-refractivity contribution in [3.63, 3.8) is 0 Å². The standard InChI is InChI=1S/C30H30BrN3O6S/c1-6-37-23-15-19(14-21(31)27(23)39-13-12-32)16-24-28(35)34-26(20-10-8-9-11-22(20)40-17(3)4)25(29(36)38-7-2)18(5)33-30(34)41-24/h8-11,14-17,26H,6-7,13H2,1-5H3/b24-16+/t26-/m1/s1. The molecule has 0 amide bonds. The van der Waals surface area contributed by atoms with Crippen LogP contribution in [0.4, 0.5) is 0 Å². The van der Waals surface area contributed by atoms with Gasteiger partial charge in [0.05, 0.1) is 39.6 Å². The molecule has 9 nitrogen and oxygen atoms in total. The second-order valence-electron chi connectivity index (χ2n) is 9.22. The van der Waals surface area contributed by atoms with Crippen LogP contribution < -0.4 is 29.1 Å². The summed E-state index contributed by atoms with van der Waals surface area (Å²) < 4.78 is 25.3. The summed E-state index contributed by atoms with van der Waals surface area (Å²) >= 11 is 4.72. The number of nitriles is 1. The molecule has 0 unspecified atom stereocenters. The molecule has 4 rings (SSSR count). The normalized spacial score (nSPS) is 14.8. The van der Waals surface area contributed by atoms with Crippen LogP contribution in [0.2, 0.25) is 0 Å². The number of rotatable bonds is 10. The van der Waals surface area contributed by atoms with Crippen molar-refractivity contribution in [3.05, 3.63) is 83.0 Å². The highest BCUT2D eigenvalue weighted by Crippen LogP contribution is 2.38. The highest BCUT2D eigenvalue weighted by atomic mass is 79.9. The zero-order valence-corrected chi connectivity index (χ0v) is 25.8. The average molecular weight is 641 g/mol. The Morgan fingerprint density at radius 1 is 1.20 bits per heavy atom. The van der Waals surface area contributed by atoms with Crippen molar-refractivity contribution in [2.24, 2.45) is 4.99 Å². The summed E-state index contributed by atoms with van der Waals surface area (Å²) in [4.78, 5) is 32.4. The molecule has 3 aromatic rings. The maximum atomic E-state index is 14.0. The number of allylic oxidation sites excluding steroid dienone is 1. The molecule has 41 heavy (non-hydrogen) atoms. The van der Waals surface area contributed by atoms with Crippen LogP contribution in [0.1, 0.15) is 51.8 Å². The SMILES string of the molecule is CCOC(=O)C1=C(C)N=c2s/c(=C/c3cc(Br)c(OCC#N)c(OCC)c3)c(=O)n2[C@@H]1c1ccccc1OC(C)C. The van der Waals surface area contributed by atoms with E-state index >= 15 is 0 Å². The van der Waals surface area contributed by atoms with Gasteiger partial charge in [-0.05, 0) is 80.4 Å². The van der Waals surface area contributed by atoms with Crippen molar-refractivity contribution >= 4 is 39.3 Å². The van der Waals surface area contributed by atoms with Gasteiger partial charge in [0.15, 0.2) is 22.9 Å².